The first-order chi connectivity index (χ1) is 8.78. The molecule has 0 unspecified atom stereocenters. The first-order valence-electron chi connectivity index (χ1n) is 5.17. The molecular formula is C11H11FN2O4S. The Morgan fingerprint density at radius 2 is 2.16 bits per heavy atom. The van der Waals surface area contributed by atoms with Crippen molar-refractivity contribution in [2.45, 2.75) is 11.3 Å². The normalized spacial score (nSPS) is 11.3. The highest BCUT2D eigenvalue weighted by molar-refractivity contribution is 7.89. The molecule has 0 aliphatic carbocycles. The summed E-state index contributed by atoms with van der Waals surface area (Å²) in [7, 11) is -2.76. The van der Waals surface area contributed by atoms with Crippen LogP contribution in [0, 0.1) is 17.1 Å². The molecule has 1 aromatic carbocycles. The summed E-state index contributed by atoms with van der Waals surface area (Å²) in [6, 6.07) is 4.49. The number of aliphatic carboxylic acids is 1. The summed E-state index contributed by atoms with van der Waals surface area (Å²) in [6.07, 6.45) is -0.353. The van der Waals surface area contributed by atoms with Gasteiger partial charge in [-0.1, -0.05) is 0 Å². The summed E-state index contributed by atoms with van der Waals surface area (Å²) < 4.78 is 38.1. The van der Waals surface area contributed by atoms with E-state index in [9.17, 15) is 17.6 Å². The second-order valence-electron chi connectivity index (χ2n) is 3.72. The zero-order chi connectivity index (χ0) is 14.6. The zero-order valence-electron chi connectivity index (χ0n) is 10.00. The highest BCUT2D eigenvalue weighted by Gasteiger charge is 2.22. The predicted octanol–water partition coefficient (Wildman–Crippen LogP) is 0.793. The number of hydrogen-bond acceptors (Lipinski definition) is 4. The smallest absolute Gasteiger partial charge is 0.304 e. The van der Waals surface area contributed by atoms with Gasteiger partial charge in [-0.25, -0.2) is 17.1 Å². The van der Waals surface area contributed by atoms with Crippen LogP contribution in [0.25, 0.3) is 0 Å². The minimum absolute atomic E-state index is 0.223. The van der Waals surface area contributed by atoms with Crippen molar-refractivity contribution in [3.05, 3.63) is 29.6 Å². The number of nitriles is 1. The fraction of sp³-hybridized carbons (Fsp3) is 0.273. The van der Waals surface area contributed by atoms with E-state index in [0.717, 1.165) is 22.5 Å². The van der Waals surface area contributed by atoms with Crippen molar-refractivity contribution in [3.8, 4) is 6.07 Å². The van der Waals surface area contributed by atoms with Crippen LogP contribution in [0.1, 0.15) is 12.0 Å². The number of carbonyl (C=O) groups is 1. The molecule has 0 radical (unpaired) electrons. The van der Waals surface area contributed by atoms with E-state index in [1.807, 2.05) is 0 Å². The Hall–Kier alpha value is -1.98. The minimum Gasteiger partial charge on any atom is -0.481 e. The lowest BCUT2D eigenvalue weighted by molar-refractivity contribution is -0.137. The third-order valence-electron chi connectivity index (χ3n) is 2.41. The van der Waals surface area contributed by atoms with Gasteiger partial charge in [-0.3, -0.25) is 4.79 Å². The lowest BCUT2D eigenvalue weighted by Gasteiger charge is -2.16. The molecule has 102 valence electrons. The van der Waals surface area contributed by atoms with Gasteiger partial charge in [0.2, 0.25) is 10.0 Å². The quantitative estimate of drug-likeness (QED) is 0.863. The van der Waals surface area contributed by atoms with Gasteiger partial charge in [0.25, 0.3) is 0 Å². The number of hydrogen-bond donors (Lipinski definition) is 1. The second-order valence-corrected chi connectivity index (χ2v) is 5.77. The number of carboxylic acids is 1. The third kappa shape index (κ3) is 3.49. The SMILES string of the molecule is CN(CCC(=O)O)S(=O)(=O)c1ccc(C#N)c(F)c1. The highest BCUT2D eigenvalue weighted by Crippen LogP contribution is 2.17. The van der Waals surface area contributed by atoms with E-state index in [0.29, 0.717) is 0 Å². The second kappa shape index (κ2) is 5.77. The molecule has 19 heavy (non-hydrogen) atoms. The number of carboxylic acid groups (broad SMARTS) is 1. The largest absolute Gasteiger partial charge is 0.481 e. The van der Waals surface area contributed by atoms with Crippen molar-refractivity contribution < 1.29 is 22.7 Å². The number of halogens is 1. The average molecular weight is 286 g/mol. The van der Waals surface area contributed by atoms with Crippen LogP contribution in [-0.2, 0) is 14.8 Å². The van der Waals surface area contributed by atoms with Crippen molar-refractivity contribution >= 4 is 16.0 Å². The summed E-state index contributed by atoms with van der Waals surface area (Å²) >= 11 is 0. The number of sulfonamides is 1. The van der Waals surface area contributed by atoms with E-state index in [4.69, 9.17) is 10.4 Å². The third-order valence-corrected chi connectivity index (χ3v) is 4.26. The van der Waals surface area contributed by atoms with Gasteiger partial charge in [0, 0.05) is 13.6 Å². The number of rotatable bonds is 5. The molecule has 0 aliphatic rings. The van der Waals surface area contributed by atoms with Crippen LogP contribution in [0.4, 0.5) is 4.39 Å². The summed E-state index contributed by atoms with van der Waals surface area (Å²) in [5, 5.41) is 17.0. The summed E-state index contributed by atoms with van der Waals surface area (Å²) in [5.41, 5.74) is -0.257. The van der Waals surface area contributed by atoms with Gasteiger partial charge in [0.15, 0.2) is 0 Å². The lowest BCUT2D eigenvalue weighted by atomic mass is 10.2. The Bertz CT molecular complexity index is 637. The Labute approximate surface area is 109 Å². The molecule has 0 fully saturated rings. The maximum absolute atomic E-state index is 13.4. The first-order valence-corrected chi connectivity index (χ1v) is 6.61. The van der Waals surface area contributed by atoms with Gasteiger partial charge in [0.05, 0.1) is 16.9 Å². The standard InChI is InChI=1S/C11H11FN2O4S/c1-14(5-4-11(15)16)19(17,18)9-3-2-8(7-13)10(12)6-9/h2-3,6H,4-5H2,1H3,(H,15,16). The number of nitrogens with zero attached hydrogens (tertiary/aromatic N) is 2. The Morgan fingerprint density at radius 1 is 1.53 bits per heavy atom. The Balaban J connectivity index is 3.04. The molecule has 0 spiro atoms. The van der Waals surface area contributed by atoms with Crippen molar-refractivity contribution in [1.82, 2.24) is 4.31 Å². The Kier molecular flexibility index (Phi) is 4.58. The molecule has 0 atom stereocenters. The van der Waals surface area contributed by atoms with Crippen molar-refractivity contribution in [2.75, 3.05) is 13.6 Å². The maximum atomic E-state index is 13.4. The monoisotopic (exact) mass is 286 g/mol. The van der Waals surface area contributed by atoms with Crippen LogP contribution in [0.3, 0.4) is 0 Å². The molecule has 0 amide bonds. The predicted molar refractivity (Wildman–Crippen MR) is 63.2 cm³/mol. The molecule has 0 aliphatic heterocycles. The van der Waals surface area contributed by atoms with Crippen LogP contribution in [0.5, 0.6) is 0 Å². The minimum atomic E-state index is -3.96. The summed E-state index contributed by atoms with van der Waals surface area (Å²) in [5.74, 6) is -2.07. The zero-order valence-corrected chi connectivity index (χ0v) is 10.8. The van der Waals surface area contributed by atoms with Gasteiger partial charge in [-0.05, 0) is 18.2 Å². The van der Waals surface area contributed by atoms with Crippen LogP contribution in [0.2, 0.25) is 0 Å². The molecule has 1 aromatic rings. The van der Waals surface area contributed by atoms with Crippen molar-refractivity contribution in [2.24, 2.45) is 0 Å². The summed E-state index contributed by atoms with van der Waals surface area (Å²) in [4.78, 5) is 10.1. The van der Waals surface area contributed by atoms with E-state index in [1.54, 1.807) is 6.07 Å². The van der Waals surface area contributed by atoms with E-state index in [-0.39, 0.29) is 23.4 Å². The molecule has 0 saturated heterocycles. The van der Waals surface area contributed by atoms with Crippen LogP contribution >= 0.6 is 0 Å². The summed E-state index contributed by atoms with van der Waals surface area (Å²) in [6.45, 7) is -0.223. The van der Waals surface area contributed by atoms with E-state index in [1.165, 1.54) is 7.05 Å². The maximum Gasteiger partial charge on any atom is 0.304 e. The molecule has 8 heteroatoms. The van der Waals surface area contributed by atoms with E-state index < -0.39 is 21.8 Å². The Morgan fingerprint density at radius 3 is 2.63 bits per heavy atom. The van der Waals surface area contributed by atoms with E-state index >= 15 is 0 Å². The molecule has 0 bridgehead atoms. The van der Waals surface area contributed by atoms with Crippen molar-refractivity contribution in [3.63, 3.8) is 0 Å². The highest BCUT2D eigenvalue weighted by atomic mass is 32.2. The fourth-order valence-corrected chi connectivity index (χ4v) is 2.48. The molecule has 0 aromatic heterocycles. The van der Waals surface area contributed by atoms with Gasteiger partial charge >= 0.3 is 5.97 Å². The fourth-order valence-electron chi connectivity index (χ4n) is 1.30. The van der Waals surface area contributed by atoms with Crippen LogP contribution in [0.15, 0.2) is 23.1 Å². The van der Waals surface area contributed by atoms with E-state index in [2.05, 4.69) is 0 Å². The van der Waals surface area contributed by atoms with Gasteiger partial charge in [0.1, 0.15) is 11.9 Å². The van der Waals surface area contributed by atoms with Gasteiger partial charge in [-0.2, -0.15) is 5.26 Å². The number of benzene rings is 1. The van der Waals surface area contributed by atoms with Gasteiger partial charge in [-0.15, -0.1) is 0 Å². The molecule has 0 saturated carbocycles. The van der Waals surface area contributed by atoms with Crippen LogP contribution in [-0.4, -0.2) is 37.4 Å². The lowest BCUT2D eigenvalue weighted by Crippen LogP contribution is -2.29. The molecular weight excluding hydrogens is 275 g/mol. The van der Waals surface area contributed by atoms with Crippen molar-refractivity contribution in [1.29, 1.82) is 5.26 Å². The average Bonchev–Trinajstić information content (AvgIpc) is 2.35. The van der Waals surface area contributed by atoms with Crippen LogP contribution < -0.4 is 0 Å². The molecule has 1 N–H and O–H groups in total. The topological polar surface area (TPSA) is 98.5 Å². The first kappa shape index (κ1) is 15.1. The molecule has 1 rings (SSSR count). The molecule has 6 nitrogen and oxygen atoms in total. The molecule has 0 heterocycles. The van der Waals surface area contributed by atoms with Gasteiger partial charge < -0.3 is 5.11 Å².